The topological polar surface area (TPSA) is 89.2 Å². The van der Waals surface area contributed by atoms with Crippen molar-refractivity contribution in [3.63, 3.8) is 0 Å². The summed E-state index contributed by atoms with van der Waals surface area (Å²) in [6.45, 7) is 0.789. The molecule has 2 heterocycles. The minimum Gasteiger partial charge on any atom is -0.363 e. The van der Waals surface area contributed by atoms with Gasteiger partial charge in [0.05, 0.1) is 12.2 Å². The minimum atomic E-state index is -0.704. The maximum Gasteiger partial charge on any atom is 0.286 e. The molecule has 0 atom stereocenters. The van der Waals surface area contributed by atoms with Gasteiger partial charge in [-0.3, -0.25) is 9.59 Å². The van der Waals surface area contributed by atoms with E-state index in [4.69, 9.17) is 5.73 Å². The van der Waals surface area contributed by atoms with Crippen LogP contribution in [0.2, 0.25) is 0 Å². The summed E-state index contributed by atoms with van der Waals surface area (Å²) in [5, 5.41) is 0. The van der Waals surface area contributed by atoms with Crippen molar-refractivity contribution in [1.29, 1.82) is 0 Å². The van der Waals surface area contributed by atoms with E-state index in [1.165, 1.54) is 24.3 Å². The summed E-state index contributed by atoms with van der Waals surface area (Å²) in [5.41, 5.74) is 7.09. The predicted octanol–water partition coefficient (Wildman–Crippen LogP) is 0.913. The second-order valence-electron chi connectivity index (χ2n) is 5.01. The lowest BCUT2D eigenvalue weighted by atomic mass is 10.1. The van der Waals surface area contributed by atoms with Crippen LogP contribution in [0.4, 0.5) is 4.39 Å². The quantitative estimate of drug-likeness (QED) is 0.893. The van der Waals surface area contributed by atoms with Gasteiger partial charge >= 0.3 is 0 Å². The first-order valence-corrected chi connectivity index (χ1v) is 6.74. The molecule has 6 nitrogen and oxygen atoms in total. The second kappa shape index (κ2) is 5.51. The van der Waals surface area contributed by atoms with E-state index in [1.807, 2.05) is 0 Å². The van der Waals surface area contributed by atoms with E-state index in [0.717, 1.165) is 5.56 Å². The SMILES string of the molecule is NC(=O)c1ncc2c(n1)CN(C(=O)c1ccc(F)cc1)CC2. The van der Waals surface area contributed by atoms with Gasteiger partial charge in [0.25, 0.3) is 11.8 Å². The number of hydrogen-bond donors (Lipinski definition) is 1. The lowest BCUT2D eigenvalue weighted by Crippen LogP contribution is -2.37. The molecule has 2 N–H and O–H groups in total. The predicted molar refractivity (Wildman–Crippen MR) is 75.4 cm³/mol. The molecular weight excluding hydrogens is 287 g/mol. The Morgan fingerprint density at radius 2 is 1.95 bits per heavy atom. The van der Waals surface area contributed by atoms with E-state index in [9.17, 15) is 14.0 Å². The van der Waals surface area contributed by atoms with Crippen molar-refractivity contribution in [1.82, 2.24) is 14.9 Å². The van der Waals surface area contributed by atoms with Gasteiger partial charge in [0.15, 0.2) is 0 Å². The molecule has 0 saturated heterocycles. The molecule has 3 rings (SSSR count). The monoisotopic (exact) mass is 300 g/mol. The van der Waals surface area contributed by atoms with Crippen LogP contribution in [0.1, 0.15) is 32.2 Å². The van der Waals surface area contributed by atoms with Crippen LogP contribution in [-0.4, -0.2) is 33.2 Å². The molecule has 2 amide bonds. The first-order chi connectivity index (χ1) is 10.5. The molecule has 112 valence electrons. The number of primary amides is 1. The highest BCUT2D eigenvalue weighted by Crippen LogP contribution is 2.18. The van der Waals surface area contributed by atoms with Crippen LogP contribution >= 0.6 is 0 Å². The van der Waals surface area contributed by atoms with Crippen molar-refractivity contribution >= 4 is 11.8 Å². The van der Waals surface area contributed by atoms with Gasteiger partial charge in [-0.05, 0) is 36.2 Å². The highest BCUT2D eigenvalue weighted by Gasteiger charge is 2.24. The van der Waals surface area contributed by atoms with Gasteiger partial charge in [0.1, 0.15) is 5.82 Å². The molecule has 7 heteroatoms. The van der Waals surface area contributed by atoms with Crippen LogP contribution in [0.3, 0.4) is 0 Å². The third kappa shape index (κ3) is 2.65. The van der Waals surface area contributed by atoms with Gasteiger partial charge in [-0.1, -0.05) is 0 Å². The summed E-state index contributed by atoms with van der Waals surface area (Å²) >= 11 is 0. The fourth-order valence-electron chi connectivity index (χ4n) is 2.37. The summed E-state index contributed by atoms with van der Waals surface area (Å²) in [5.74, 6) is -1.36. The number of hydrogen-bond acceptors (Lipinski definition) is 4. The number of aromatic nitrogens is 2. The minimum absolute atomic E-state index is 0.0603. The number of carbonyl (C=O) groups is 2. The highest BCUT2D eigenvalue weighted by atomic mass is 19.1. The van der Waals surface area contributed by atoms with E-state index in [-0.39, 0.29) is 24.1 Å². The van der Waals surface area contributed by atoms with Gasteiger partial charge in [0, 0.05) is 18.3 Å². The maximum atomic E-state index is 12.9. The molecule has 0 unspecified atom stereocenters. The Hall–Kier alpha value is -2.83. The molecule has 0 bridgehead atoms. The summed E-state index contributed by atoms with van der Waals surface area (Å²) in [7, 11) is 0. The summed E-state index contributed by atoms with van der Waals surface area (Å²) < 4.78 is 12.9. The van der Waals surface area contributed by atoms with E-state index in [2.05, 4.69) is 9.97 Å². The van der Waals surface area contributed by atoms with E-state index in [0.29, 0.717) is 24.2 Å². The van der Waals surface area contributed by atoms with Crippen LogP contribution in [0.5, 0.6) is 0 Å². The van der Waals surface area contributed by atoms with Crippen LogP contribution < -0.4 is 5.73 Å². The fraction of sp³-hybridized carbons (Fsp3) is 0.200. The number of benzene rings is 1. The molecular formula is C15H13FN4O2. The number of nitrogens with two attached hydrogens (primary N) is 1. The largest absolute Gasteiger partial charge is 0.363 e. The summed E-state index contributed by atoms with van der Waals surface area (Å²) in [6.07, 6.45) is 2.17. The van der Waals surface area contributed by atoms with E-state index < -0.39 is 5.91 Å². The smallest absolute Gasteiger partial charge is 0.286 e. The number of fused-ring (bicyclic) bond motifs is 1. The van der Waals surface area contributed by atoms with Crippen LogP contribution in [0.25, 0.3) is 0 Å². The number of nitrogens with zero attached hydrogens (tertiary/aromatic N) is 3. The number of carbonyl (C=O) groups excluding carboxylic acids is 2. The number of rotatable bonds is 2. The van der Waals surface area contributed by atoms with Gasteiger partial charge < -0.3 is 10.6 Å². The lowest BCUT2D eigenvalue weighted by molar-refractivity contribution is 0.0731. The van der Waals surface area contributed by atoms with Gasteiger partial charge in [-0.25, -0.2) is 14.4 Å². The van der Waals surface area contributed by atoms with Crippen LogP contribution in [-0.2, 0) is 13.0 Å². The van der Waals surface area contributed by atoms with Crippen LogP contribution in [0.15, 0.2) is 30.5 Å². The standard InChI is InChI=1S/C15H13FN4O2/c16-11-3-1-9(2-4-11)15(22)20-6-5-10-7-18-14(13(17)21)19-12(10)8-20/h1-4,7H,5-6,8H2,(H2,17,21). The number of amides is 2. The normalized spacial score (nSPS) is 13.6. The molecule has 2 aromatic rings. The molecule has 0 spiro atoms. The van der Waals surface area contributed by atoms with E-state index in [1.54, 1.807) is 11.1 Å². The fourth-order valence-corrected chi connectivity index (χ4v) is 2.37. The molecule has 0 radical (unpaired) electrons. The first-order valence-electron chi connectivity index (χ1n) is 6.74. The maximum absolute atomic E-state index is 12.9. The molecule has 22 heavy (non-hydrogen) atoms. The third-order valence-electron chi connectivity index (χ3n) is 3.54. The van der Waals surface area contributed by atoms with Crippen molar-refractivity contribution in [3.05, 3.63) is 58.9 Å². The Morgan fingerprint density at radius 1 is 1.23 bits per heavy atom. The zero-order chi connectivity index (χ0) is 15.7. The van der Waals surface area contributed by atoms with E-state index >= 15 is 0 Å². The van der Waals surface area contributed by atoms with Crippen molar-refractivity contribution in [2.45, 2.75) is 13.0 Å². The summed E-state index contributed by atoms with van der Waals surface area (Å²) in [4.78, 5) is 33.2. The van der Waals surface area contributed by atoms with Crippen molar-refractivity contribution in [3.8, 4) is 0 Å². The van der Waals surface area contributed by atoms with Crippen molar-refractivity contribution in [2.75, 3.05) is 6.54 Å². The molecule has 1 aromatic carbocycles. The number of halogens is 1. The van der Waals surface area contributed by atoms with Gasteiger partial charge in [-0.2, -0.15) is 0 Å². The Morgan fingerprint density at radius 3 is 2.64 bits per heavy atom. The zero-order valence-electron chi connectivity index (χ0n) is 11.6. The molecule has 0 saturated carbocycles. The second-order valence-corrected chi connectivity index (χ2v) is 5.01. The summed E-state index contributed by atoms with van der Waals surface area (Å²) in [6, 6.07) is 5.39. The molecule has 1 aliphatic heterocycles. The molecule has 0 aliphatic carbocycles. The lowest BCUT2D eigenvalue weighted by Gasteiger charge is -2.28. The zero-order valence-corrected chi connectivity index (χ0v) is 11.6. The molecule has 1 aliphatic rings. The average molecular weight is 300 g/mol. The third-order valence-corrected chi connectivity index (χ3v) is 3.54. The average Bonchev–Trinajstić information content (AvgIpc) is 2.53. The Bertz CT molecular complexity index is 746. The Kier molecular flexibility index (Phi) is 3.54. The highest BCUT2D eigenvalue weighted by molar-refractivity contribution is 5.94. The van der Waals surface area contributed by atoms with Crippen molar-refractivity contribution in [2.24, 2.45) is 5.73 Å². The van der Waals surface area contributed by atoms with Gasteiger partial charge in [0.2, 0.25) is 5.82 Å². The van der Waals surface area contributed by atoms with Gasteiger partial charge in [-0.15, -0.1) is 0 Å². The first kappa shape index (κ1) is 14.1. The Labute approximate surface area is 125 Å². The van der Waals surface area contributed by atoms with Crippen molar-refractivity contribution < 1.29 is 14.0 Å². The molecule has 0 fully saturated rings. The Balaban J connectivity index is 1.84. The van der Waals surface area contributed by atoms with Crippen LogP contribution in [0, 0.1) is 5.82 Å². The molecule has 1 aromatic heterocycles.